The smallest absolute Gasteiger partial charge is 0.224 e. The van der Waals surface area contributed by atoms with Crippen LogP contribution in [0.3, 0.4) is 0 Å². The summed E-state index contributed by atoms with van der Waals surface area (Å²) in [5.74, 6) is 0.841. The minimum atomic E-state index is -0.214. The van der Waals surface area contributed by atoms with Crippen LogP contribution in [-0.2, 0) is 11.3 Å². The van der Waals surface area contributed by atoms with Gasteiger partial charge in [0.1, 0.15) is 0 Å². The molecular weight excluding hydrogens is 405 g/mol. The molecule has 2 aromatic rings. The van der Waals surface area contributed by atoms with Crippen LogP contribution >= 0.6 is 24.8 Å². The normalized spacial score (nSPS) is 15.3. The van der Waals surface area contributed by atoms with E-state index in [4.69, 9.17) is 5.73 Å². The van der Waals surface area contributed by atoms with Crippen molar-refractivity contribution in [1.29, 1.82) is 0 Å². The zero-order valence-electron chi connectivity index (χ0n) is 17.1. The van der Waals surface area contributed by atoms with Crippen LogP contribution in [0.25, 0.3) is 0 Å². The summed E-state index contributed by atoms with van der Waals surface area (Å²) in [5, 5.41) is 0. The summed E-state index contributed by atoms with van der Waals surface area (Å²) in [4.78, 5) is 17.0. The van der Waals surface area contributed by atoms with Gasteiger partial charge in [0.05, 0.1) is 0 Å². The molecule has 1 amide bonds. The fourth-order valence-corrected chi connectivity index (χ4v) is 3.90. The summed E-state index contributed by atoms with van der Waals surface area (Å²) in [6, 6.07) is 20.3. The Morgan fingerprint density at radius 1 is 1.03 bits per heavy atom. The summed E-state index contributed by atoms with van der Waals surface area (Å²) in [5.41, 5.74) is 8.60. The van der Waals surface area contributed by atoms with Gasteiger partial charge in [0.2, 0.25) is 5.91 Å². The number of amides is 1. The maximum Gasteiger partial charge on any atom is 0.224 e. The minimum absolute atomic E-state index is 0. The Morgan fingerprint density at radius 3 is 2.17 bits per heavy atom. The fourth-order valence-electron chi connectivity index (χ4n) is 3.90. The van der Waals surface area contributed by atoms with E-state index in [2.05, 4.69) is 42.3 Å². The molecule has 0 saturated carbocycles. The molecule has 1 unspecified atom stereocenters. The van der Waals surface area contributed by atoms with Crippen molar-refractivity contribution in [3.05, 3.63) is 71.8 Å². The minimum Gasteiger partial charge on any atom is -0.343 e. The lowest BCUT2D eigenvalue weighted by atomic mass is 9.95. The van der Waals surface area contributed by atoms with Gasteiger partial charge < -0.3 is 15.5 Å². The summed E-state index contributed by atoms with van der Waals surface area (Å²) >= 11 is 0. The van der Waals surface area contributed by atoms with E-state index in [1.54, 1.807) is 0 Å². The molecule has 1 saturated heterocycles. The predicted molar refractivity (Wildman–Crippen MR) is 125 cm³/mol. The Kier molecular flexibility index (Phi) is 11.3. The lowest BCUT2D eigenvalue weighted by Crippen LogP contribution is -2.41. The van der Waals surface area contributed by atoms with Crippen molar-refractivity contribution in [1.82, 2.24) is 9.80 Å². The first-order valence-corrected chi connectivity index (χ1v) is 9.92. The molecule has 1 fully saturated rings. The first kappa shape index (κ1) is 25.4. The van der Waals surface area contributed by atoms with Crippen LogP contribution in [0.1, 0.15) is 36.4 Å². The number of piperidine rings is 1. The van der Waals surface area contributed by atoms with Gasteiger partial charge in [-0.15, -0.1) is 24.8 Å². The third kappa shape index (κ3) is 7.98. The van der Waals surface area contributed by atoms with E-state index in [0.29, 0.717) is 12.3 Å². The van der Waals surface area contributed by atoms with Gasteiger partial charge in [-0.05, 0) is 36.9 Å². The van der Waals surface area contributed by atoms with Crippen LogP contribution in [0, 0.1) is 5.92 Å². The maximum atomic E-state index is 12.6. The standard InChI is InChI=1S/C23H31N3O.2ClH/c1-25(17-19-8-4-2-5-9-19)18-20-12-14-26(15-13-20)23(27)16-22(24)21-10-6-3-7-11-21;;/h2-11,20,22H,12-18,24H2,1H3;2*1H. The first-order valence-electron chi connectivity index (χ1n) is 9.92. The van der Waals surface area contributed by atoms with Gasteiger partial charge in [0, 0.05) is 38.6 Å². The zero-order valence-corrected chi connectivity index (χ0v) is 18.7. The van der Waals surface area contributed by atoms with E-state index in [0.717, 1.165) is 44.6 Å². The number of nitrogens with two attached hydrogens (primary N) is 1. The number of benzene rings is 2. The lowest BCUT2D eigenvalue weighted by Gasteiger charge is -2.34. The summed E-state index contributed by atoms with van der Waals surface area (Å²) in [7, 11) is 2.18. The molecule has 29 heavy (non-hydrogen) atoms. The second-order valence-corrected chi connectivity index (χ2v) is 7.73. The molecule has 1 aliphatic rings. The molecule has 6 heteroatoms. The molecule has 0 aliphatic carbocycles. The molecule has 1 aliphatic heterocycles. The average Bonchev–Trinajstić information content (AvgIpc) is 2.70. The number of carbonyl (C=O) groups excluding carboxylic acids is 1. The van der Waals surface area contributed by atoms with Crippen molar-refractivity contribution in [2.75, 3.05) is 26.7 Å². The Morgan fingerprint density at radius 2 is 1.59 bits per heavy atom. The van der Waals surface area contributed by atoms with Gasteiger partial charge in [0.15, 0.2) is 0 Å². The molecule has 160 valence electrons. The van der Waals surface area contributed by atoms with Crippen LogP contribution in [0.2, 0.25) is 0 Å². The second-order valence-electron chi connectivity index (χ2n) is 7.73. The summed E-state index contributed by atoms with van der Waals surface area (Å²) < 4.78 is 0. The zero-order chi connectivity index (χ0) is 19.1. The fraction of sp³-hybridized carbons (Fsp3) is 0.435. The summed E-state index contributed by atoms with van der Waals surface area (Å²) in [6.45, 7) is 3.76. The number of carbonyl (C=O) groups is 1. The van der Waals surface area contributed by atoms with Gasteiger partial charge >= 0.3 is 0 Å². The highest BCUT2D eigenvalue weighted by Crippen LogP contribution is 2.21. The molecule has 3 rings (SSSR count). The molecule has 0 bridgehead atoms. The molecule has 0 spiro atoms. The molecule has 2 aromatic carbocycles. The number of hydrogen-bond acceptors (Lipinski definition) is 3. The average molecular weight is 438 g/mol. The SMILES string of the molecule is CN(Cc1ccccc1)CC1CCN(C(=O)CC(N)c2ccccc2)CC1.Cl.Cl. The molecule has 1 heterocycles. The number of hydrogen-bond donors (Lipinski definition) is 1. The van der Waals surface area contributed by atoms with E-state index >= 15 is 0 Å². The number of halogens is 2. The van der Waals surface area contributed by atoms with Crippen molar-refractivity contribution in [3.8, 4) is 0 Å². The van der Waals surface area contributed by atoms with Crippen LogP contribution < -0.4 is 5.73 Å². The monoisotopic (exact) mass is 437 g/mol. The Labute approximate surface area is 187 Å². The van der Waals surface area contributed by atoms with Crippen molar-refractivity contribution in [2.24, 2.45) is 11.7 Å². The van der Waals surface area contributed by atoms with E-state index in [9.17, 15) is 4.79 Å². The summed E-state index contributed by atoms with van der Waals surface area (Å²) in [6.07, 6.45) is 2.54. The highest BCUT2D eigenvalue weighted by Gasteiger charge is 2.24. The first-order chi connectivity index (χ1) is 13.1. The molecule has 0 aromatic heterocycles. The van der Waals surface area contributed by atoms with Crippen molar-refractivity contribution in [2.45, 2.75) is 31.8 Å². The van der Waals surface area contributed by atoms with Crippen LogP contribution in [0.5, 0.6) is 0 Å². The van der Waals surface area contributed by atoms with Crippen molar-refractivity contribution < 1.29 is 4.79 Å². The predicted octanol–water partition coefficient (Wildman–Crippen LogP) is 4.29. The Hall–Kier alpha value is -1.59. The number of nitrogens with zero attached hydrogens (tertiary/aromatic N) is 2. The van der Waals surface area contributed by atoms with E-state index in [1.165, 1.54) is 5.56 Å². The molecule has 0 radical (unpaired) electrons. The quantitative estimate of drug-likeness (QED) is 0.702. The Balaban J connectivity index is 0.00000210. The molecule has 4 nitrogen and oxygen atoms in total. The van der Waals surface area contributed by atoms with Gasteiger partial charge in [0.25, 0.3) is 0 Å². The van der Waals surface area contributed by atoms with Gasteiger partial charge in [-0.2, -0.15) is 0 Å². The lowest BCUT2D eigenvalue weighted by molar-refractivity contribution is -0.133. The highest BCUT2D eigenvalue weighted by molar-refractivity contribution is 5.85. The molecule has 2 N–H and O–H groups in total. The van der Waals surface area contributed by atoms with Crippen LogP contribution in [-0.4, -0.2) is 42.4 Å². The number of rotatable bonds is 7. The third-order valence-electron chi connectivity index (χ3n) is 5.45. The van der Waals surface area contributed by atoms with E-state index in [-0.39, 0.29) is 36.8 Å². The van der Waals surface area contributed by atoms with Gasteiger partial charge in [-0.1, -0.05) is 60.7 Å². The van der Waals surface area contributed by atoms with Crippen LogP contribution in [0.4, 0.5) is 0 Å². The van der Waals surface area contributed by atoms with Crippen LogP contribution in [0.15, 0.2) is 60.7 Å². The maximum absolute atomic E-state index is 12.6. The van der Waals surface area contributed by atoms with E-state index in [1.807, 2.05) is 35.2 Å². The largest absolute Gasteiger partial charge is 0.343 e. The van der Waals surface area contributed by atoms with Gasteiger partial charge in [-0.25, -0.2) is 0 Å². The van der Waals surface area contributed by atoms with E-state index < -0.39 is 0 Å². The number of likely N-dealkylation sites (tertiary alicyclic amines) is 1. The van der Waals surface area contributed by atoms with Crippen molar-refractivity contribution in [3.63, 3.8) is 0 Å². The third-order valence-corrected chi connectivity index (χ3v) is 5.45. The Bertz CT molecular complexity index is 707. The molecule has 1 atom stereocenters. The molecular formula is C23H33Cl2N3O. The van der Waals surface area contributed by atoms with Crippen molar-refractivity contribution >= 4 is 30.7 Å². The highest BCUT2D eigenvalue weighted by atomic mass is 35.5. The second kappa shape index (κ2) is 12.9. The topological polar surface area (TPSA) is 49.6 Å². The van der Waals surface area contributed by atoms with Gasteiger partial charge in [-0.3, -0.25) is 4.79 Å².